The molecule has 2 aromatic rings. The van der Waals surface area contributed by atoms with Gasteiger partial charge in [-0.1, -0.05) is 6.92 Å². The molecule has 1 N–H and O–H groups in total. The van der Waals surface area contributed by atoms with Crippen LogP contribution in [0.25, 0.3) is 0 Å². The lowest BCUT2D eigenvalue weighted by Crippen LogP contribution is -2.13. The van der Waals surface area contributed by atoms with E-state index in [4.69, 9.17) is 4.42 Å². The van der Waals surface area contributed by atoms with Crippen molar-refractivity contribution in [2.24, 2.45) is 0 Å². The highest BCUT2D eigenvalue weighted by Crippen LogP contribution is 2.16. The van der Waals surface area contributed by atoms with Gasteiger partial charge in [0, 0.05) is 18.9 Å². The summed E-state index contributed by atoms with van der Waals surface area (Å²) < 4.78 is 5.29. The lowest BCUT2D eigenvalue weighted by molar-refractivity contribution is 0.0994. The van der Waals surface area contributed by atoms with E-state index < -0.39 is 0 Å². The van der Waals surface area contributed by atoms with Crippen molar-refractivity contribution in [3.8, 4) is 0 Å². The molecule has 0 aliphatic heterocycles. The fourth-order valence-electron chi connectivity index (χ4n) is 1.77. The predicted molar refractivity (Wildman–Crippen MR) is 80.0 cm³/mol. The maximum absolute atomic E-state index is 12.1. The molecule has 0 spiro atoms. The number of thioether (sulfide) groups is 1. The Bertz CT molecular complexity index is 610. The molecule has 2 aromatic heterocycles. The highest BCUT2D eigenvalue weighted by atomic mass is 32.2. The minimum atomic E-state index is -0.323. The van der Waals surface area contributed by atoms with Gasteiger partial charge in [-0.3, -0.25) is 4.79 Å². The Labute approximate surface area is 122 Å². The van der Waals surface area contributed by atoms with E-state index in [0.717, 1.165) is 17.1 Å². The number of aromatic nitrogens is 2. The van der Waals surface area contributed by atoms with E-state index in [-0.39, 0.29) is 11.7 Å². The zero-order chi connectivity index (χ0) is 14.5. The van der Waals surface area contributed by atoms with Crippen LogP contribution in [-0.2, 0) is 5.75 Å². The summed E-state index contributed by atoms with van der Waals surface area (Å²) in [6.45, 7) is 5.57. The highest BCUT2D eigenvalue weighted by molar-refractivity contribution is 7.98. The summed E-state index contributed by atoms with van der Waals surface area (Å²) in [4.78, 5) is 20.3. The minimum absolute atomic E-state index is 0.234. The molecule has 5 nitrogen and oxygen atoms in total. The number of carbonyl (C=O) groups excluding carboxylic acids is 1. The first kappa shape index (κ1) is 14.6. The number of carbonyl (C=O) groups is 1. The van der Waals surface area contributed by atoms with Crippen molar-refractivity contribution in [3.05, 3.63) is 41.2 Å². The van der Waals surface area contributed by atoms with E-state index in [1.807, 2.05) is 23.9 Å². The van der Waals surface area contributed by atoms with Crippen molar-refractivity contribution in [3.63, 3.8) is 0 Å². The Kier molecular flexibility index (Phi) is 4.79. The van der Waals surface area contributed by atoms with E-state index in [2.05, 4.69) is 22.2 Å². The molecule has 0 saturated carbocycles. The third-order valence-electron chi connectivity index (χ3n) is 2.65. The van der Waals surface area contributed by atoms with Gasteiger partial charge in [0.1, 0.15) is 5.82 Å². The van der Waals surface area contributed by atoms with Crippen LogP contribution >= 0.6 is 11.8 Å². The molecule has 0 radical (unpaired) electrons. The Morgan fingerprint density at radius 2 is 2.25 bits per heavy atom. The van der Waals surface area contributed by atoms with Gasteiger partial charge in [-0.05, 0) is 30.4 Å². The summed E-state index contributed by atoms with van der Waals surface area (Å²) in [5.74, 6) is 2.88. The molecular weight excluding hydrogens is 274 g/mol. The average Bonchev–Trinajstić information content (AvgIpc) is 2.76. The van der Waals surface area contributed by atoms with Crippen LogP contribution < -0.4 is 5.32 Å². The molecule has 0 aromatic carbocycles. The SMILES string of the molecule is CCSCc1ccnc(NC(=O)c2oc(C)nc2C)c1. The standard InChI is InChI=1S/C14H17N3O2S/c1-4-20-8-11-5-6-15-12(7-11)17-14(18)13-9(2)16-10(3)19-13/h5-7H,4,8H2,1-3H3,(H,15,17,18). The van der Waals surface area contributed by atoms with Gasteiger partial charge in [-0.15, -0.1) is 0 Å². The Morgan fingerprint density at radius 3 is 2.90 bits per heavy atom. The number of rotatable bonds is 5. The van der Waals surface area contributed by atoms with Crippen LogP contribution in [0.15, 0.2) is 22.7 Å². The van der Waals surface area contributed by atoms with E-state index >= 15 is 0 Å². The molecule has 1 amide bonds. The number of amides is 1. The number of hydrogen-bond donors (Lipinski definition) is 1. The normalized spacial score (nSPS) is 10.6. The van der Waals surface area contributed by atoms with Gasteiger partial charge in [0.15, 0.2) is 5.89 Å². The van der Waals surface area contributed by atoms with E-state index in [0.29, 0.717) is 17.4 Å². The molecule has 2 heterocycles. The molecule has 2 rings (SSSR count). The number of nitrogens with one attached hydrogen (secondary N) is 1. The summed E-state index contributed by atoms with van der Waals surface area (Å²) in [6, 6.07) is 3.82. The summed E-state index contributed by atoms with van der Waals surface area (Å²) in [5, 5.41) is 2.74. The molecular formula is C14H17N3O2S. The average molecular weight is 291 g/mol. The Morgan fingerprint density at radius 1 is 1.45 bits per heavy atom. The van der Waals surface area contributed by atoms with Gasteiger partial charge in [-0.25, -0.2) is 9.97 Å². The van der Waals surface area contributed by atoms with E-state index in [9.17, 15) is 4.79 Å². The predicted octanol–water partition coefficient (Wildman–Crippen LogP) is 3.19. The second-order valence-corrected chi connectivity index (χ2v) is 5.56. The van der Waals surface area contributed by atoms with Crippen LogP contribution in [0.5, 0.6) is 0 Å². The van der Waals surface area contributed by atoms with Gasteiger partial charge in [0.05, 0.1) is 5.69 Å². The van der Waals surface area contributed by atoms with Crippen molar-refractivity contribution >= 4 is 23.5 Å². The molecule has 6 heteroatoms. The minimum Gasteiger partial charge on any atom is -0.436 e. The second-order valence-electron chi connectivity index (χ2n) is 4.29. The number of oxazole rings is 1. The molecule has 106 valence electrons. The number of nitrogens with zero attached hydrogens (tertiary/aromatic N) is 2. The topological polar surface area (TPSA) is 68.0 Å². The molecule has 0 saturated heterocycles. The number of pyridine rings is 1. The number of aryl methyl sites for hydroxylation is 2. The first-order valence-electron chi connectivity index (χ1n) is 6.38. The molecule has 20 heavy (non-hydrogen) atoms. The van der Waals surface area contributed by atoms with E-state index in [1.165, 1.54) is 0 Å². The molecule has 0 fully saturated rings. The van der Waals surface area contributed by atoms with Crippen LogP contribution in [0.1, 0.15) is 34.6 Å². The summed E-state index contributed by atoms with van der Waals surface area (Å²) in [6.07, 6.45) is 1.69. The highest BCUT2D eigenvalue weighted by Gasteiger charge is 2.16. The third-order valence-corrected chi connectivity index (χ3v) is 3.59. The molecule has 0 atom stereocenters. The van der Waals surface area contributed by atoms with Gasteiger partial charge in [0.25, 0.3) is 5.91 Å². The first-order valence-corrected chi connectivity index (χ1v) is 7.53. The summed E-state index contributed by atoms with van der Waals surface area (Å²) in [5.41, 5.74) is 1.71. The van der Waals surface area contributed by atoms with Gasteiger partial charge < -0.3 is 9.73 Å². The Hall–Kier alpha value is -1.82. The quantitative estimate of drug-likeness (QED) is 0.916. The van der Waals surface area contributed by atoms with Crippen molar-refractivity contribution in [1.82, 2.24) is 9.97 Å². The van der Waals surface area contributed by atoms with Gasteiger partial charge >= 0.3 is 0 Å². The van der Waals surface area contributed by atoms with Gasteiger partial charge in [-0.2, -0.15) is 11.8 Å². The number of anilines is 1. The van der Waals surface area contributed by atoms with Gasteiger partial charge in [0.2, 0.25) is 5.76 Å². The van der Waals surface area contributed by atoms with Crippen LogP contribution in [0.2, 0.25) is 0 Å². The fraction of sp³-hybridized carbons (Fsp3) is 0.357. The third kappa shape index (κ3) is 3.60. The van der Waals surface area contributed by atoms with E-state index in [1.54, 1.807) is 20.0 Å². The maximum atomic E-state index is 12.1. The smallest absolute Gasteiger partial charge is 0.294 e. The van der Waals surface area contributed by atoms with Crippen molar-refractivity contribution in [1.29, 1.82) is 0 Å². The Balaban J connectivity index is 2.09. The number of hydrogen-bond acceptors (Lipinski definition) is 5. The lowest BCUT2D eigenvalue weighted by atomic mass is 10.3. The fourth-order valence-corrected chi connectivity index (χ4v) is 2.39. The van der Waals surface area contributed by atoms with Crippen LogP contribution in [0.3, 0.4) is 0 Å². The van der Waals surface area contributed by atoms with Crippen LogP contribution in [-0.4, -0.2) is 21.6 Å². The monoisotopic (exact) mass is 291 g/mol. The second kappa shape index (κ2) is 6.56. The van der Waals surface area contributed by atoms with Crippen molar-refractivity contribution in [2.75, 3.05) is 11.1 Å². The van der Waals surface area contributed by atoms with Crippen molar-refractivity contribution in [2.45, 2.75) is 26.5 Å². The zero-order valence-corrected chi connectivity index (χ0v) is 12.6. The van der Waals surface area contributed by atoms with Crippen LogP contribution in [0, 0.1) is 13.8 Å². The molecule has 0 unspecified atom stereocenters. The molecule has 0 bridgehead atoms. The maximum Gasteiger partial charge on any atom is 0.294 e. The van der Waals surface area contributed by atoms with Crippen LogP contribution in [0.4, 0.5) is 5.82 Å². The molecule has 0 aliphatic carbocycles. The van der Waals surface area contributed by atoms with Crippen molar-refractivity contribution < 1.29 is 9.21 Å². The largest absolute Gasteiger partial charge is 0.436 e. The first-order chi connectivity index (χ1) is 9.60. The summed E-state index contributed by atoms with van der Waals surface area (Å²) >= 11 is 1.82. The lowest BCUT2D eigenvalue weighted by Gasteiger charge is -2.05. The zero-order valence-electron chi connectivity index (χ0n) is 11.8. The molecule has 0 aliphatic rings. The summed E-state index contributed by atoms with van der Waals surface area (Å²) in [7, 11) is 0.